The second-order valence-corrected chi connectivity index (χ2v) is 6.76. The highest BCUT2D eigenvalue weighted by Crippen LogP contribution is 2.32. The SMILES string of the molecule is Cc1ccc(-c2ccc(/C=C(\C#N)c3nc4ccc(C)cc4[nH]3)o2)c([N+](=O)[O-])c1. The van der Waals surface area contributed by atoms with E-state index in [2.05, 4.69) is 16.0 Å². The van der Waals surface area contributed by atoms with E-state index in [0.29, 0.717) is 28.5 Å². The number of nitrogens with zero attached hydrogens (tertiary/aromatic N) is 3. The van der Waals surface area contributed by atoms with Crippen molar-refractivity contribution in [3.8, 4) is 17.4 Å². The maximum absolute atomic E-state index is 11.4. The average molecular weight is 384 g/mol. The summed E-state index contributed by atoms with van der Waals surface area (Å²) < 4.78 is 5.77. The van der Waals surface area contributed by atoms with Crippen molar-refractivity contribution in [1.82, 2.24) is 9.97 Å². The van der Waals surface area contributed by atoms with Crippen LogP contribution in [0.25, 0.3) is 34.0 Å². The minimum atomic E-state index is -0.433. The predicted octanol–water partition coefficient (Wildman–Crippen LogP) is 5.41. The summed E-state index contributed by atoms with van der Waals surface area (Å²) in [4.78, 5) is 18.5. The van der Waals surface area contributed by atoms with Crippen LogP contribution in [0.15, 0.2) is 52.9 Å². The number of hydrogen-bond donors (Lipinski definition) is 1. The summed E-state index contributed by atoms with van der Waals surface area (Å²) in [6.07, 6.45) is 1.56. The first-order chi connectivity index (χ1) is 13.9. The molecule has 4 rings (SSSR count). The highest BCUT2D eigenvalue weighted by atomic mass is 16.6. The van der Waals surface area contributed by atoms with Crippen molar-refractivity contribution in [3.63, 3.8) is 0 Å². The van der Waals surface area contributed by atoms with Crippen LogP contribution in [-0.2, 0) is 0 Å². The fraction of sp³-hybridized carbons (Fsp3) is 0.0909. The van der Waals surface area contributed by atoms with Gasteiger partial charge in [-0.1, -0.05) is 12.1 Å². The molecule has 0 radical (unpaired) electrons. The summed E-state index contributed by atoms with van der Waals surface area (Å²) in [5, 5.41) is 21.0. The number of H-pyrrole nitrogens is 1. The molecular formula is C22H16N4O3. The van der Waals surface area contributed by atoms with E-state index in [1.807, 2.05) is 25.1 Å². The van der Waals surface area contributed by atoms with Gasteiger partial charge in [0, 0.05) is 12.1 Å². The third kappa shape index (κ3) is 3.51. The van der Waals surface area contributed by atoms with Crippen molar-refractivity contribution in [3.05, 3.63) is 81.4 Å². The molecule has 0 aliphatic heterocycles. The average Bonchev–Trinajstić information content (AvgIpc) is 3.32. The summed E-state index contributed by atoms with van der Waals surface area (Å²) in [6.45, 7) is 3.77. The molecule has 0 amide bonds. The minimum Gasteiger partial charge on any atom is -0.456 e. The van der Waals surface area contributed by atoms with Crippen molar-refractivity contribution < 1.29 is 9.34 Å². The van der Waals surface area contributed by atoms with Gasteiger partial charge >= 0.3 is 0 Å². The Bertz CT molecular complexity index is 1320. The molecule has 2 aromatic heterocycles. The molecule has 0 saturated carbocycles. The Morgan fingerprint density at radius 1 is 1.17 bits per heavy atom. The fourth-order valence-corrected chi connectivity index (χ4v) is 3.12. The number of allylic oxidation sites excluding steroid dienone is 1. The molecule has 1 N–H and O–H groups in total. The predicted molar refractivity (Wildman–Crippen MR) is 110 cm³/mol. The lowest BCUT2D eigenvalue weighted by Crippen LogP contribution is -1.92. The van der Waals surface area contributed by atoms with Gasteiger partial charge < -0.3 is 9.40 Å². The smallest absolute Gasteiger partial charge is 0.280 e. The van der Waals surface area contributed by atoms with Gasteiger partial charge in [0.15, 0.2) is 0 Å². The number of aromatic nitrogens is 2. The van der Waals surface area contributed by atoms with E-state index in [1.54, 1.807) is 37.3 Å². The lowest BCUT2D eigenvalue weighted by atomic mass is 10.1. The zero-order valence-electron chi connectivity index (χ0n) is 15.8. The number of benzene rings is 2. The number of imidazole rings is 1. The monoisotopic (exact) mass is 384 g/mol. The van der Waals surface area contributed by atoms with Crippen LogP contribution in [0, 0.1) is 35.3 Å². The normalized spacial score (nSPS) is 11.6. The van der Waals surface area contributed by atoms with Crippen LogP contribution in [0.4, 0.5) is 5.69 Å². The summed E-state index contributed by atoms with van der Waals surface area (Å²) in [5.74, 6) is 1.20. The zero-order chi connectivity index (χ0) is 20.5. The van der Waals surface area contributed by atoms with E-state index in [1.165, 1.54) is 6.07 Å². The Labute approximate surface area is 166 Å². The molecule has 0 bridgehead atoms. The van der Waals surface area contributed by atoms with Gasteiger partial charge in [-0.2, -0.15) is 5.26 Å². The van der Waals surface area contributed by atoms with Crippen LogP contribution in [0.5, 0.6) is 0 Å². The third-order valence-corrected chi connectivity index (χ3v) is 4.54. The quantitative estimate of drug-likeness (QED) is 0.287. The van der Waals surface area contributed by atoms with E-state index < -0.39 is 4.92 Å². The number of hydrogen-bond acceptors (Lipinski definition) is 5. The standard InChI is InChI=1S/C22H16N4O3/c1-13-4-7-18-19(9-13)25-22(24-18)15(12-23)11-16-5-8-21(29-16)17-6-3-14(2)10-20(17)26(27)28/h3-11H,1-2H3,(H,24,25)/b15-11+. The maximum atomic E-state index is 11.4. The second kappa shape index (κ2) is 7.09. The Balaban J connectivity index is 1.72. The van der Waals surface area contributed by atoms with E-state index in [4.69, 9.17) is 4.42 Å². The van der Waals surface area contributed by atoms with Gasteiger partial charge in [0.2, 0.25) is 0 Å². The lowest BCUT2D eigenvalue weighted by Gasteiger charge is -2.01. The first-order valence-electron chi connectivity index (χ1n) is 8.88. The van der Waals surface area contributed by atoms with Crippen LogP contribution in [-0.4, -0.2) is 14.9 Å². The molecule has 0 fully saturated rings. The van der Waals surface area contributed by atoms with E-state index >= 15 is 0 Å². The molecule has 2 heterocycles. The highest BCUT2D eigenvalue weighted by Gasteiger charge is 2.18. The molecule has 0 aliphatic carbocycles. The molecule has 29 heavy (non-hydrogen) atoms. The van der Waals surface area contributed by atoms with Crippen molar-refractivity contribution in [2.75, 3.05) is 0 Å². The van der Waals surface area contributed by atoms with E-state index in [9.17, 15) is 15.4 Å². The molecule has 7 nitrogen and oxygen atoms in total. The fourth-order valence-electron chi connectivity index (χ4n) is 3.12. The first kappa shape index (κ1) is 18.2. The van der Waals surface area contributed by atoms with Gasteiger partial charge in [0.1, 0.15) is 23.4 Å². The summed E-state index contributed by atoms with van der Waals surface area (Å²) in [5.41, 5.74) is 4.16. The first-order valence-corrected chi connectivity index (χ1v) is 8.88. The number of nitriles is 1. The number of aryl methyl sites for hydroxylation is 2. The van der Waals surface area contributed by atoms with Crippen molar-refractivity contribution >= 4 is 28.4 Å². The van der Waals surface area contributed by atoms with Crippen molar-refractivity contribution in [2.45, 2.75) is 13.8 Å². The Morgan fingerprint density at radius 2 is 1.93 bits per heavy atom. The van der Waals surface area contributed by atoms with Gasteiger partial charge in [-0.3, -0.25) is 10.1 Å². The van der Waals surface area contributed by atoms with Crippen LogP contribution < -0.4 is 0 Å². The van der Waals surface area contributed by atoms with Gasteiger partial charge in [0.25, 0.3) is 5.69 Å². The molecule has 142 valence electrons. The minimum absolute atomic E-state index is 0.0250. The van der Waals surface area contributed by atoms with E-state index in [0.717, 1.165) is 22.2 Å². The number of nitro benzene ring substituents is 1. The van der Waals surface area contributed by atoms with E-state index in [-0.39, 0.29) is 5.69 Å². The molecule has 0 saturated heterocycles. The number of fused-ring (bicyclic) bond motifs is 1. The van der Waals surface area contributed by atoms with Crippen LogP contribution in [0.3, 0.4) is 0 Å². The molecule has 0 aliphatic rings. The zero-order valence-corrected chi connectivity index (χ0v) is 15.8. The molecule has 7 heteroatoms. The van der Waals surface area contributed by atoms with Crippen LogP contribution >= 0.6 is 0 Å². The number of furan rings is 1. The summed E-state index contributed by atoms with van der Waals surface area (Å²) in [7, 11) is 0. The van der Waals surface area contributed by atoms with Gasteiger partial charge in [-0.05, 0) is 55.3 Å². The summed E-state index contributed by atoms with van der Waals surface area (Å²) >= 11 is 0. The maximum Gasteiger partial charge on any atom is 0.280 e. The molecular weight excluding hydrogens is 368 g/mol. The highest BCUT2D eigenvalue weighted by molar-refractivity contribution is 5.90. The number of nitrogens with one attached hydrogen (secondary N) is 1. The Morgan fingerprint density at radius 3 is 2.69 bits per heavy atom. The van der Waals surface area contributed by atoms with Gasteiger partial charge in [-0.15, -0.1) is 0 Å². The van der Waals surface area contributed by atoms with Gasteiger partial charge in [-0.25, -0.2) is 4.98 Å². The Kier molecular flexibility index (Phi) is 4.45. The number of aromatic amines is 1. The van der Waals surface area contributed by atoms with Gasteiger partial charge in [0.05, 0.1) is 27.1 Å². The third-order valence-electron chi connectivity index (χ3n) is 4.54. The number of rotatable bonds is 4. The largest absolute Gasteiger partial charge is 0.456 e. The second-order valence-electron chi connectivity index (χ2n) is 6.76. The molecule has 4 aromatic rings. The molecule has 0 atom stereocenters. The topological polar surface area (TPSA) is 109 Å². The summed E-state index contributed by atoms with van der Waals surface area (Å²) in [6, 6.07) is 16.2. The van der Waals surface area contributed by atoms with Crippen molar-refractivity contribution in [1.29, 1.82) is 5.26 Å². The molecule has 2 aromatic carbocycles. The van der Waals surface area contributed by atoms with Crippen LogP contribution in [0.2, 0.25) is 0 Å². The van der Waals surface area contributed by atoms with Crippen molar-refractivity contribution in [2.24, 2.45) is 0 Å². The molecule has 0 spiro atoms. The Hall–Kier alpha value is -4.18. The molecule has 0 unspecified atom stereocenters. The number of nitro groups is 1. The van der Waals surface area contributed by atoms with Crippen LogP contribution in [0.1, 0.15) is 22.7 Å². The lowest BCUT2D eigenvalue weighted by molar-refractivity contribution is -0.384.